The second-order valence-electron chi connectivity index (χ2n) is 4.55. The SMILES string of the molecule is CC(C)(C)Nc1cc(NN)cc([N+](=O)[O-])c1. The second-order valence-corrected chi connectivity index (χ2v) is 4.55. The molecule has 0 amide bonds. The van der Waals surface area contributed by atoms with Crippen molar-refractivity contribution in [2.75, 3.05) is 10.7 Å². The molecule has 0 atom stereocenters. The van der Waals surface area contributed by atoms with Crippen LogP contribution in [-0.2, 0) is 0 Å². The molecule has 0 bridgehead atoms. The molecule has 0 aliphatic carbocycles. The van der Waals surface area contributed by atoms with Gasteiger partial charge < -0.3 is 10.7 Å². The predicted molar refractivity (Wildman–Crippen MR) is 64.3 cm³/mol. The molecular formula is C10H16N4O2. The molecule has 0 aliphatic heterocycles. The summed E-state index contributed by atoms with van der Waals surface area (Å²) in [6, 6.07) is 4.58. The fourth-order valence-electron chi connectivity index (χ4n) is 1.31. The zero-order valence-corrected chi connectivity index (χ0v) is 9.57. The summed E-state index contributed by atoms with van der Waals surface area (Å²) in [5, 5.41) is 13.8. The monoisotopic (exact) mass is 224 g/mol. The van der Waals surface area contributed by atoms with Crippen LogP contribution in [0.5, 0.6) is 0 Å². The molecule has 0 saturated heterocycles. The molecule has 0 radical (unpaired) electrons. The summed E-state index contributed by atoms with van der Waals surface area (Å²) in [6.07, 6.45) is 0. The van der Waals surface area contributed by atoms with E-state index in [0.29, 0.717) is 11.4 Å². The molecule has 88 valence electrons. The molecule has 0 unspecified atom stereocenters. The zero-order valence-electron chi connectivity index (χ0n) is 9.57. The number of nitrogens with two attached hydrogens (primary N) is 1. The Kier molecular flexibility index (Phi) is 3.34. The first-order valence-corrected chi connectivity index (χ1v) is 4.86. The number of nitrogen functional groups attached to an aromatic ring is 1. The molecule has 0 saturated carbocycles. The summed E-state index contributed by atoms with van der Waals surface area (Å²) < 4.78 is 0. The van der Waals surface area contributed by atoms with E-state index in [2.05, 4.69) is 10.7 Å². The summed E-state index contributed by atoms with van der Waals surface area (Å²) in [5.74, 6) is 5.25. The highest BCUT2D eigenvalue weighted by atomic mass is 16.6. The molecule has 1 rings (SSSR count). The van der Waals surface area contributed by atoms with Crippen LogP contribution in [0.2, 0.25) is 0 Å². The maximum atomic E-state index is 10.7. The number of anilines is 2. The van der Waals surface area contributed by atoms with Gasteiger partial charge >= 0.3 is 0 Å². The molecule has 0 spiro atoms. The molecule has 16 heavy (non-hydrogen) atoms. The normalized spacial score (nSPS) is 11.0. The van der Waals surface area contributed by atoms with Gasteiger partial charge in [-0.15, -0.1) is 0 Å². The highest BCUT2D eigenvalue weighted by Crippen LogP contribution is 2.25. The Morgan fingerprint density at radius 1 is 1.25 bits per heavy atom. The first-order chi connectivity index (χ1) is 7.31. The Balaban J connectivity index is 3.09. The third-order valence-electron chi connectivity index (χ3n) is 1.81. The molecular weight excluding hydrogens is 208 g/mol. The van der Waals surface area contributed by atoms with E-state index in [1.54, 1.807) is 6.07 Å². The van der Waals surface area contributed by atoms with E-state index in [1.807, 2.05) is 20.8 Å². The van der Waals surface area contributed by atoms with Crippen molar-refractivity contribution in [3.63, 3.8) is 0 Å². The number of hydrazine groups is 1. The Hall–Kier alpha value is -1.82. The summed E-state index contributed by atoms with van der Waals surface area (Å²) in [6.45, 7) is 5.92. The van der Waals surface area contributed by atoms with E-state index < -0.39 is 4.92 Å². The standard InChI is InChI=1S/C10H16N4O2/c1-10(2,3)12-7-4-8(13-11)6-9(5-7)14(15)16/h4-6,12-13H,11H2,1-3H3. The smallest absolute Gasteiger partial charge is 0.273 e. The van der Waals surface area contributed by atoms with E-state index in [9.17, 15) is 10.1 Å². The van der Waals surface area contributed by atoms with Gasteiger partial charge in [0.1, 0.15) is 0 Å². The van der Waals surface area contributed by atoms with Crippen molar-refractivity contribution >= 4 is 17.1 Å². The van der Waals surface area contributed by atoms with Crippen molar-refractivity contribution in [1.82, 2.24) is 0 Å². The predicted octanol–water partition coefficient (Wildman–Crippen LogP) is 2.09. The van der Waals surface area contributed by atoms with Gasteiger partial charge in [0.2, 0.25) is 0 Å². The average Bonchev–Trinajstić information content (AvgIpc) is 2.14. The summed E-state index contributed by atoms with van der Waals surface area (Å²) in [7, 11) is 0. The van der Waals surface area contributed by atoms with Gasteiger partial charge in [-0.25, -0.2) is 0 Å². The summed E-state index contributed by atoms with van der Waals surface area (Å²) in [5.41, 5.74) is 3.40. The Morgan fingerprint density at radius 3 is 2.25 bits per heavy atom. The summed E-state index contributed by atoms with van der Waals surface area (Å²) in [4.78, 5) is 10.2. The van der Waals surface area contributed by atoms with Crippen LogP contribution >= 0.6 is 0 Å². The van der Waals surface area contributed by atoms with Gasteiger partial charge in [-0.1, -0.05) is 0 Å². The van der Waals surface area contributed by atoms with E-state index >= 15 is 0 Å². The van der Waals surface area contributed by atoms with Gasteiger partial charge in [-0.2, -0.15) is 0 Å². The van der Waals surface area contributed by atoms with E-state index in [0.717, 1.165) is 0 Å². The number of nitro groups is 1. The van der Waals surface area contributed by atoms with Crippen molar-refractivity contribution in [3.05, 3.63) is 28.3 Å². The first-order valence-electron chi connectivity index (χ1n) is 4.86. The summed E-state index contributed by atoms with van der Waals surface area (Å²) >= 11 is 0. The fourth-order valence-corrected chi connectivity index (χ4v) is 1.31. The van der Waals surface area contributed by atoms with Crippen LogP contribution in [0.1, 0.15) is 20.8 Å². The van der Waals surface area contributed by atoms with E-state index in [1.165, 1.54) is 12.1 Å². The maximum absolute atomic E-state index is 10.7. The second kappa shape index (κ2) is 4.36. The number of nitrogens with zero attached hydrogens (tertiary/aromatic N) is 1. The first kappa shape index (κ1) is 12.3. The quantitative estimate of drug-likeness (QED) is 0.415. The van der Waals surface area contributed by atoms with Crippen LogP contribution in [0.25, 0.3) is 0 Å². The van der Waals surface area contributed by atoms with E-state index in [-0.39, 0.29) is 11.2 Å². The van der Waals surface area contributed by atoms with Gasteiger partial charge in [-0.05, 0) is 26.8 Å². The highest BCUT2D eigenvalue weighted by molar-refractivity contribution is 5.63. The number of benzene rings is 1. The number of non-ortho nitro benzene ring substituents is 1. The van der Waals surface area contributed by atoms with Gasteiger partial charge in [0, 0.05) is 23.4 Å². The van der Waals surface area contributed by atoms with Crippen LogP contribution in [0.4, 0.5) is 17.1 Å². The Labute approximate surface area is 94.0 Å². The minimum absolute atomic E-state index is 0.00204. The molecule has 0 heterocycles. The molecule has 1 aromatic carbocycles. The van der Waals surface area contributed by atoms with Crippen molar-refractivity contribution in [2.24, 2.45) is 5.84 Å². The lowest BCUT2D eigenvalue weighted by atomic mass is 10.1. The minimum atomic E-state index is -0.450. The molecule has 6 nitrogen and oxygen atoms in total. The van der Waals surface area contributed by atoms with Gasteiger partial charge in [-0.3, -0.25) is 16.0 Å². The number of nitrogens with one attached hydrogen (secondary N) is 2. The molecule has 4 N–H and O–H groups in total. The third-order valence-corrected chi connectivity index (χ3v) is 1.81. The number of hydrogen-bond acceptors (Lipinski definition) is 5. The van der Waals surface area contributed by atoms with Crippen LogP contribution in [0.15, 0.2) is 18.2 Å². The fraction of sp³-hybridized carbons (Fsp3) is 0.400. The largest absolute Gasteiger partial charge is 0.380 e. The zero-order chi connectivity index (χ0) is 12.3. The van der Waals surface area contributed by atoms with E-state index in [4.69, 9.17) is 5.84 Å². The molecule has 0 aromatic heterocycles. The highest BCUT2D eigenvalue weighted by Gasteiger charge is 2.14. The average molecular weight is 224 g/mol. The van der Waals surface area contributed by atoms with Crippen LogP contribution in [0.3, 0.4) is 0 Å². The van der Waals surface area contributed by atoms with Crippen molar-refractivity contribution in [2.45, 2.75) is 26.3 Å². The molecule has 0 aliphatic rings. The van der Waals surface area contributed by atoms with Gasteiger partial charge in [0.15, 0.2) is 0 Å². The molecule has 1 aromatic rings. The topological polar surface area (TPSA) is 93.2 Å². The lowest BCUT2D eigenvalue weighted by Crippen LogP contribution is -2.26. The van der Waals surface area contributed by atoms with Crippen LogP contribution < -0.4 is 16.6 Å². The Bertz CT molecular complexity index is 398. The lowest BCUT2D eigenvalue weighted by Gasteiger charge is -2.22. The minimum Gasteiger partial charge on any atom is -0.380 e. The maximum Gasteiger partial charge on any atom is 0.273 e. The third kappa shape index (κ3) is 3.39. The van der Waals surface area contributed by atoms with Crippen molar-refractivity contribution < 1.29 is 4.92 Å². The van der Waals surface area contributed by atoms with Gasteiger partial charge in [0.25, 0.3) is 5.69 Å². The Morgan fingerprint density at radius 2 is 1.81 bits per heavy atom. The molecule has 0 fully saturated rings. The van der Waals surface area contributed by atoms with Crippen molar-refractivity contribution in [3.8, 4) is 0 Å². The number of rotatable bonds is 3. The number of nitro benzene ring substituents is 1. The van der Waals surface area contributed by atoms with Crippen LogP contribution in [-0.4, -0.2) is 10.5 Å². The van der Waals surface area contributed by atoms with Crippen LogP contribution in [0, 0.1) is 10.1 Å². The van der Waals surface area contributed by atoms with Crippen molar-refractivity contribution in [1.29, 1.82) is 0 Å². The molecule has 6 heteroatoms. The van der Waals surface area contributed by atoms with Gasteiger partial charge in [0.05, 0.1) is 10.6 Å². The number of hydrogen-bond donors (Lipinski definition) is 3. The lowest BCUT2D eigenvalue weighted by molar-refractivity contribution is -0.384.